The topological polar surface area (TPSA) is 109 Å². The van der Waals surface area contributed by atoms with E-state index in [0.717, 1.165) is 0 Å². The highest BCUT2D eigenvalue weighted by Crippen LogP contribution is 2.24. The number of fused-ring (bicyclic) bond motifs is 1. The molecule has 0 fully saturated rings. The fraction of sp³-hybridized carbons (Fsp3) is 0.227. The molecule has 2 N–H and O–H groups in total. The van der Waals surface area contributed by atoms with Gasteiger partial charge in [-0.3, -0.25) is 9.78 Å². The summed E-state index contributed by atoms with van der Waals surface area (Å²) in [5, 5.41) is 14.1. The molecule has 1 heterocycles. The summed E-state index contributed by atoms with van der Waals surface area (Å²) in [7, 11) is -3.50. The number of pyridine rings is 1. The summed E-state index contributed by atoms with van der Waals surface area (Å²) in [4.78, 5) is 16.7. The Morgan fingerprint density at radius 3 is 2.67 bits per heavy atom. The molecule has 0 bridgehead atoms. The molecule has 0 aliphatic heterocycles. The molecule has 3 rings (SSSR count). The van der Waals surface area contributed by atoms with Crippen molar-refractivity contribution in [2.75, 3.05) is 0 Å². The Hall–Kier alpha value is -3.26. The van der Waals surface area contributed by atoms with E-state index in [9.17, 15) is 18.3 Å². The zero-order chi connectivity index (χ0) is 21.7. The Morgan fingerprint density at radius 1 is 1.17 bits per heavy atom. The lowest BCUT2D eigenvalue weighted by molar-refractivity contribution is 0.0955. The van der Waals surface area contributed by atoms with E-state index in [1.165, 1.54) is 30.5 Å². The number of amides is 1. The molecule has 0 unspecified atom stereocenters. The normalized spacial score (nSPS) is 12.0. The Labute approximate surface area is 175 Å². The van der Waals surface area contributed by atoms with Crippen molar-refractivity contribution in [2.45, 2.75) is 36.8 Å². The molecule has 1 amide bonds. The second kappa shape index (κ2) is 9.04. The van der Waals surface area contributed by atoms with Crippen LogP contribution >= 0.6 is 0 Å². The Balaban J connectivity index is 1.80. The van der Waals surface area contributed by atoms with E-state index in [0.29, 0.717) is 29.3 Å². The lowest BCUT2D eigenvalue weighted by Gasteiger charge is -2.14. The third kappa shape index (κ3) is 4.33. The van der Waals surface area contributed by atoms with E-state index in [4.69, 9.17) is 0 Å². The molecule has 3 aromatic rings. The highest BCUT2D eigenvalue weighted by Gasteiger charge is 2.25. The van der Waals surface area contributed by atoms with Gasteiger partial charge in [-0.25, -0.2) is 13.8 Å². The summed E-state index contributed by atoms with van der Waals surface area (Å²) < 4.78 is 25.5. The highest BCUT2D eigenvalue weighted by molar-refractivity contribution is 7.92. The minimum atomic E-state index is -3.50. The maximum Gasteiger partial charge on any atom is 0.271 e. The van der Waals surface area contributed by atoms with E-state index in [1.807, 2.05) is 13.8 Å². The first-order chi connectivity index (χ1) is 14.4. The summed E-state index contributed by atoms with van der Waals surface area (Å²) >= 11 is 0. The maximum absolute atomic E-state index is 12.7. The number of hydrogen-bond acceptors (Lipinski definition) is 6. The second-order valence-electron chi connectivity index (χ2n) is 6.78. The predicted molar refractivity (Wildman–Crippen MR) is 116 cm³/mol. The number of carbonyl (C=O) groups is 1. The number of hydrogen-bond donors (Lipinski definition) is 2. The maximum atomic E-state index is 12.7. The number of hydrazone groups is 1. The largest absolute Gasteiger partial charge is 0.506 e. The van der Waals surface area contributed by atoms with Crippen LogP contribution in [-0.2, 0) is 9.84 Å². The average molecular weight is 426 g/mol. The van der Waals surface area contributed by atoms with Crippen LogP contribution in [0.1, 0.15) is 42.6 Å². The van der Waals surface area contributed by atoms with Crippen LogP contribution in [0.5, 0.6) is 5.75 Å². The highest BCUT2D eigenvalue weighted by atomic mass is 32.2. The summed E-state index contributed by atoms with van der Waals surface area (Å²) in [5.74, 6) is -0.462. The van der Waals surface area contributed by atoms with Crippen molar-refractivity contribution >= 4 is 32.9 Å². The number of nitrogens with zero attached hydrogens (tertiary/aromatic N) is 2. The number of carbonyl (C=O) groups excluding carboxylic acids is 1. The molecule has 0 aliphatic rings. The van der Waals surface area contributed by atoms with Gasteiger partial charge in [0.05, 0.1) is 16.4 Å². The van der Waals surface area contributed by atoms with Gasteiger partial charge >= 0.3 is 0 Å². The van der Waals surface area contributed by atoms with Gasteiger partial charge in [0.1, 0.15) is 11.3 Å². The van der Waals surface area contributed by atoms with Gasteiger partial charge in [0.25, 0.3) is 5.91 Å². The van der Waals surface area contributed by atoms with Gasteiger partial charge in [0, 0.05) is 22.7 Å². The molecule has 156 valence electrons. The standard InChI is InChI=1S/C22H23N3O4S/c1-3-17(4-2)30(28,29)18-8-5-7-15(13-18)22(27)25-24-14-16-10-11-20(26)21-19(16)9-6-12-23-21/h5-14,17,26H,3-4H2,1-2H3,(H,25,27)/b24-14+. The van der Waals surface area contributed by atoms with Crippen LogP contribution in [0, 0.1) is 0 Å². The van der Waals surface area contributed by atoms with Gasteiger partial charge in [-0.1, -0.05) is 26.0 Å². The molecule has 1 aromatic heterocycles. The fourth-order valence-electron chi connectivity index (χ4n) is 3.25. The van der Waals surface area contributed by atoms with E-state index in [2.05, 4.69) is 15.5 Å². The Bertz CT molecular complexity index is 1200. The monoisotopic (exact) mass is 425 g/mol. The SMILES string of the molecule is CCC(CC)S(=O)(=O)c1cccc(C(=O)N/N=C/c2ccc(O)c3ncccc23)c1. The zero-order valence-corrected chi connectivity index (χ0v) is 17.6. The lowest BCUT2D eigenvalue weighted by atomic mass is 10.1. The first kappa shape index (κ1) is 21.4. The van der Waals surface area contributed by atoms with Crippen LogP contribution < -0.4 is 5.43 Å². The van der Waals surface area contributed by atoms with Gasteiger partial charge in [0.2, 0.25) is 0 Å². The van der Waals surface area contributed by atoms with Crippen molar-refractivity contribution in [3.63, 3.8) is 0 Å². The molecule has 0 aliphatic carbocycles. The molecule has 0 spiro atoms. The third-order valence-electron chi connectivity index (χ3n) is 4.93. The average Bonchev–Trinajstić information content (AvgIpc) is 2.76. The van der Waals surface area contributed by atoms with Gasteiger partial charge in [-0.15, -0.1) is 0 Å². The number of phenolic OH excluding ortho intramolecular Hbond substituents is 1. The molecule has 0 radical (unpaired) electrons. The number of phenols is 1. The van der Waals surface area contributed by atoms with E-state index < -0.39 is 21.0 Å². The molecular weight excluding hydrogens is 402 g/mol. The van der Waals surface area contributed by atoms with Crippen LogP contribution in [-0.4, -0.2) is 35.9 Å². The zero-order valence-electron chi connectivity index (χ0n) is 16.7. The van der Waals surface area contributed by atoms with E-state index in [-0.39, 0.29) is 16.2 Å². The van der Waals surface area contributed by atoms with Crippen molar-refractivity contribution in [1.29, 1.82) is 0 Å². The summed E-state index contributed by atoms with van der Waals surface area (Å²) in [6.07, 6.45) is 4.05. The smallest absolute Gasteiger partial charge is 0.271 e. The minimum absolute atomic E-state index is 0.0577. The molecule has 0 saturated heterocycles. The first-order valence-electron chi connectivity index (χ1n) is 9.62. The molecule has 0 atom stereocenters. The quantitative estimate of drug-likeness (QED) is 0.443. The number of nitrogens with one attached hydrogen (secondary N) is 1. The number of sulfone groups is 1. The molecule has 30 heavy (non-hydrogen) atoms. The molecular formula is C22H23N3O4S. The minimum Gasteiger partial charge on any atom is -0.506 e. The molecule has 0 saturated carbocycles. The van der Waals surface area contributed by atoms with Crippen LogP contribution in [0.4, 0.5) is 0 Å². The van der Waals surface area contributed by atoms with Crippen molar-refractivity contribution < 1.29 is 18.3 Å². The van der Waals surface area contributed by atoms with Crippen molar-refractivity contribution in [3.8, 4) is 5.75 Å². The fourth-order valence-corrected chi connectivity index (χ4v) is 5.07. The van der Waals surface area contributed by atoms with Crippen molar-refractivity contribution in [1.82, 2.24) is 10.4 Å². The Morgan fingerprint density at radius 2 is 1.93 bits per heavy atom. The van der Waals surface area contributed by atoms with Crippen molar-refractivity contribution in [3.05, 3.63) is 65.9 Å². The van der Waals surface area contributed by atoms with Gasteiger partial charge < -0.3 is 5.11 Å². The van der Waals surface area contributed by atoms with Crippen molar-refractivity contribution in [2.24, 2.45) is 5.10 Å². The summed E-state index contributed by atoms with van der Waals surface area (Å²) in [6, 6.07) is 12.7. The van der Waals surface area contributed by atoms with Gasteiger partial charge in [-0.05, 0) is 49.2 Å². The van der Waals surface area contributed by atoms with Crippen LogP contribution in [0.2, 0.25) is 0 Å². The summed E-state index contributed by atoms with van der Waals surface area (Å²) in [5.41, 5.74) is 3.73. The third-order valence-corrected chi connectivity index (χ3v) is 7.38. The lowest BCUT2D eigenvalue weighted by Crippen LogP contribution is -2.21. The number of rotatable bonds is 7. The molecule has 7 nitrogen and oxygen atoms in total. The molecule has 8 heteroatoms. The van der Waals surface area contributed by atoms with Crippen LogP contribution in [0.3, 0.4) is 0 Å². The Kier molecular flexibility index (Phi) is 6.47. The van der Waals surface area contributed by atoms with E-state index >= 15 is 0 Å². The van der Waals surface area contributed by atoms with E-state index in [1.54, 1.807) is 30.5 Å². The second-order valence-corrected chi connectivity index (χ2v) is 9.01. The first-order valence-corrected chi connectivity index (χ1v) is 11.2. The van der Waals surface area contributed by atoms with Crippen LogP contribution in [0.25, 0.3) is 10.9 Å². The van der Waals surface area contributed by atoms with Crippen LogP contribution in [0.15, 0.2) is 64.7 Å². The predicted octanol–water partition coefficient (Wildman–Crippen LogP) is 3.67. The number of aromatic hydroxyl groups is 1. The number of aromatic nitrogens is 1. The summed E-state index contributed by atoms with van der Waals surface area (Å²) in [6.45, 7) is 3.67. The van der Waals surface area contributed by atoms with Gasteiger partial charge in [-0.2, -0.15) is 5.10 Å². The molecule has 2 aromatic carbocycles. The van der Waals surface area contributed by atoms with Gasteiger partial charge in [0.15, 0.2) is 9.84 Å². The number of benzene rings is 2.